The highest BCUT2D eigenvalue weighted by molar-refractivity contribution is 7.91. The van der Waals surface area contributed by atoms with E-state index in [1.54, 1.807) is 6.07 Å². The van der Waals surface area contributed by atoms with Crippen LogP contribution in [-0.4, -0.2) is 46.8 Å². The molecule has 1 aromatic heterocycles. The average Bonchev–Trinajstić information content (AvgIpc) is 2.89. The van der Waals surface area contributed by atoms with Crippen molar-refractivity contribution in [2.24, 2.45) is 5.41 Å². The molecule has 1 atom stereocenters. The molecular formula is C18H18ClF4N3O2S. The Morgan fingerprint density at radius 1 is 1.24 bits per heavy atom. The van der Waals surface area contributed by atoms with Crippen LogP contribution >= 0.6 is 11.6 Å². The van der Waals surface area contributed by atoms with E-state index < -0.39 is 44.6 Å². The van der Waals surface area contributed by atoms with Crippen molar-refractivity contribution in [2.45, 2.75) is 55.7 Å². The van der Waals surface area contributed by atoms with Gasteiger partial charge in [0, 0.05) is 5.41 Å². The Morgan fingerprint density at radius 2 is 1.86 bits per heavy atom. The second-order valence-electron chi connectivity index (χ2n) is 8.75. The summed E-state index contributed by atoms with van der Waals surface area (Å²) in [6.45, 7) is 1.55. The standard InChI is InChI=1S/C18H18ClF4N3O2S/c1-10-18(22,23)9-25(10)14-13-11(19)4-3-5-12(13)26(24-14)29(27,28)17-6-16(7-17,8-17)15(2,20)21/h3-5,10H,6-9H2,1-2H3. The fourth-order valence-corrected chi connectivity index (χ4v) is 7.55. The van der Waals surface area contributed by atoms with Crippen LogP contribution in [0.25, 0.3) is 10.9 Å². The van der Waals surface area contributed by atoms with Gasteiger partial charge in [0.15, 0.2) is 5.82 Å². The number of benzene rings is 1. The van der Waals surface area contributed by atoms with Gasteiger partial charge in [-0.05, 0) is 45.2 Å². The third-order valence-corrected chi connectivity index (χ3v) is 9.60. The van der Waals surface area contributed by atoms with Crippen molar-refractivity contribution in [3.8, 4) is 0 Å². The number of anilines is 1. The van der Waals surface area contributed by atoms with E-state index in [1.807, 2.05) is 0 Å². The smallest absolute Gasteiger partial charge is 0.284 e. The number of hydrogen-bond acceptors (Lipinski definition) is 4. The molecule has 0 spiro atoms. The zero-order valence-corrected chi connectivity index (χ0v) is 17.2. The van der Waals surface area contributed by atoms with Gasteiger partial charge >= 0.3 is 0 Å². The van der Waals surface area contributed by atoms with Crippen molar-refractivity contribution < 1.29 is 26.0 Å². The molecule has 4 fully saturated rings. The van der Waals surface area contributed by atoms with E-state index in [1.165, 1.54) is 24.0 Å². The van der Waals surface area contributed by atoms with Crippen molar-refractivity contribution in [1.82, 2.24) is 9.19 Å². The first kappa shape index (κ1) is 19.4. The molecule has 3 aliphatic carbocycles. The minimum absolute atomic E-state index is 0.0646. The maximum atomic E-state index is 13.8. The Labute approximate surface area is 169 Å². The molecule has 29 heavy (non-hydrogen) atoms. The van der Waals surface area contributed by atoms with Crippen LogP contribution in [0.2, 0.25) is 5.02 Å². The number of aromatic nitrogens is 2. The summed E-state index contributed by atoms with van der Waals surface area (Å²) >= 11 is 6.26. The molecule has 4 aliphatic rings. The highest BCUT2D eigenvalue weighted by atomic mass is 35.5. The predicted octanol–water partition coefficient (Wildman–Crippen LogP) is 4.29. The lowest BCUT2D eigenvalue weighted by molar-refractivity contribution is -0.241. The van der Waals surface area contributed by atoms with Crippen LogP contribution in [0.5, 0.6) is 0 Å². The van der Waals surface area contributed by atoms with Crippen molar-refractivity contribution in [2.75, 3.05) is 11.4 Å². The zero-order valence-electron chi connectivity index (χ0n) is 15.6. The van der Waals surface area contributed by atoms with Gasteiger partial charge in [-0.2, -0.15) is 4.09 Å². The maximum absolute atomic E-state index is 13.8. The summed E-state index contributed by atoms with van der Waals surface area (Å²) in [5.41, 5.74) is -1.12. The highest BCUT2D eigenvalue weighted by Gasteiger charge is 2.81. The Morgan fingerprint density at radius 3 is 2.38 bits per heavy atom. The molecule has 6 rings (SSSR count). The van der Waals surface area contributed by atoms with Gasteiger partial charge < -0.3 is 4.90 Å². The fraction of sp³-hybridized carbons (Fsp3) is 0.611. The lowest BCUT2D eigenvalue weighted by atomic mass is 9.41. The monoisotopic (exact) mass is 451 g/mol. The van der Waals surface area contributed by atoms with E-state index >= 15 is 0 Å². The molecule has 3 saturated carbocycles. The van der Waals surface area contributed by atoms with Gasteiger partial charge in [0.1, 0.15) is 0 Å². The predicted molar refractivity (Wildman–Crippen MR) is 100 cm³/mol. The molecule has 158 valence electrons. The van der Waals surface area contributed by atoms with E-state index in [9.17, 15) is 26.0 Å². The number of halogens is 5. The average molecular weight is 452 g/mol. The molecule has 2 bridgehead atoms. The quantitative estimate of drug-likeness (QED) is 0.651. The first-order chi connectivity index (χ1) is 13.2. The summed E-state index contributed by atoms with van der Waals surface area (Å²) in [5.74, 6) is -5.80. The summed E-state index contributed by atoms with van der Waals surface area (Å²) in [6.07, 6.45) is -0.413. The van der Waals surface area contributed by atoms with Crippen molar-refractivity contribution in [3.05, 3.63) is 23.2 Å². The molecule has 5 nitrogen and oxygen atoms in total. The van der Waals surface area contributed by atoms with Gasteiger partial charge in [-0.25, -0.2) is 26.0 Å². The van der Waals surface area contributed by atoms with Gasteiger partial charge in [-0.1, -0.05) is 17.7 Å². The topological polar surface area (TPSA) is 55.2 Å². The molecule has 1 saturated heterocycles. The maximum Gasteiger partial charge on any atom is 0.284 e. The molecular weight excluding hydrogens is 434 g/mol. The molecule has 0 N–H and O–H groups in total. The number of alkyl halides is 4. The SMILES string of the molecule is CC1N(c2nn(S(=O)(=O)C34CC(C(C)(F)F)(C3)C4)c3cccc(Cl)c23)CC1(F)F. The third kappa shape index (κ3) is 2.17. The van der Waals surface area contributed by atoms with Crippen LogP contribution < -0.4 is 4.90 Å². The molecule has 1 aliphatic heterocycles. The summed E-state index contributed by atoms with van der Waals surface area (Å²) in [4.78, 5) is 1.31. The van der Waals surface area contributed by atoms with Crippen LogP contribution in [0.4, 0.5) is 23.4 Å². The summed E-state index contributed by atoms with van der Waals surface area (Å²) in [7, 11) is -4.12. The summed E-state index contributed by atoms with van der Waals surface area (Å²) in [6, 6.07) is 3.40. The zero-order chi connectivity index (χ0) is 21.2. The van der Waals surface area contributed by atoms with Gasteiger partial charge in [0.2, 0.25) is 0 Å². The molecule has 1 aromatic carbocycles. The molecule has 0 radical (unpaired) electrons. The first-order valence-corrected chi connectivity index (χ1v) is 11.0. The number of hydrogen-bond donors (Lipinski definition) is 0. The van der Waals surface area contributed by atoms with Gasteiger partial charge in [-0.15, -0.1) is 5.10 Å². The molecule has 0 amide bonds. The molecule has 1 unspecified atom stereocenters. The Balaban J connectivity index is 1.60. The van der Waals surface area contributed by atoms with Crippen LogP contribution in [0.15, 0.2) is 18.2 Å². The van der Waals surface area contributed by atoms with E-state index in [0.717, 1.165) is 11.0 Å². The van der Waals surface area contributed by atoms with Gasteiger partial charge in [0.25, 0.3) is 21.9 Å². The van der Waals surface area contributed by atoms with Gasteiger partial charge in [0.05, 0.1) is 33.3 Å². The van der Waals surface area contributed by atoms with Gasteiger partial charge in [-0.3, -0.25) is 0 Å². The van der Waals surface area contributed by atoms with Crippen LogP contribution in [-0.2, 0) is 10.0 Å². The minimum Gasteiger partial charge on any atom is -0.340 e. The second kappa shape index (κ2) is 5.19. The number of fused-ring (bicyclic) bond motifs is 1. The number of rotatable bonds is 4. The lowest BCUT2D eigenvalue weighted by Gasteiger charge is -2.70. The second-order valence-corrected chi connectivity index (χ2v) is 11.3. The van der Waals surface area contributed by atoms with Crippen molar-refractivity contribution in [1.29, 1.82) is 0 Å². The minimum atomic E-state index is -4.12. The van der Waals surface area contributed by atoms with Crippen LogP contribution in [0.1, 0.15) is 33.1 Å². The third-order valence-electron chi connectivity index (χ3n) is 7.03. The Hall–Kier alpha value is -1.55. The van der Waals surface area contributed by atoms with Crippen LogP contribution in [0.3, 0.4) is 0 Å². The molecule has 11 heteroatoms. The van der Waals surface area contributed by atoms with Crippen LogP contribution in [0, 0.1) is 5.41 Å². The van der Waals surface area contributed by atoms with Crippen molar-refractivity contribution in [3.63, 3.8) is 0 Å². The summed E-state index contributed by atoms with van der Waals surface area (Å²) in [5, 5.41) is 4.62. The normalized spacial score (nSPS) is 33.2. The number of nitrogens with zero attached hydrogens (tertiary/aromatic N) is 3. The Bertz CT molecular complexity index is 1140. The van der Waals surface area contributed by atoms with E-state index in [2.05, 4.69) is 5.10 Å². The lowest BCUT2D eigenvalue weighted by Crippen LogP contribution is -2.76. The largest absolute Gasteiger partial charge is 0.340 e. The van der Waals surface area contributed by atoms with E-state index in [4.69, 9.17) is 11.6 Å². The Kier molecular flexibility index (Phi) is 3.48. The first-order valence-electron chi connectivity index (χ1n) is 9.20. The molecule has 2 heterocycles. The summed E-state index contributed by atoms with van der Waals surface area (Å²) < 4.78 is 81.3. The highest BCUT2D eigenvalue weighted by Crippen LogP contribution is 2.76. The molecule has 2 aromatic rings. The van der Waals surface area contributed by atoms with Crippen molar-refractivity contribution >= 4 is 38.3 Å². The fourth-order valence-electron chi connectivity index (χ4n) is 4.96. The van der Waals surface area contributed by atoms with E-state index in [0.29, 0.717) is 0 Å². The van der Waals surface area contributed by atoms with E-state index in [-0.39, 0.29) is 41.0 Å².